The maximum absolute atomic E-state index is 13.1. The monoisotopic (exact) mass is 454 g/mol. The summed E-state index contributed by atoms with van der Waals surface area (Å²) < 4.78 is 40.4. The number of aromatic nitrogens is 3. The van der Waals surface area contributed by atoms with Crippen molar-refractivity contribution in [1.82, 2.24) is 19.4 Å². The fraction of sp³-hybridized carbons (Fsp3) is 0.391. The number of para-hydroxylation sites is 1. The molecule has 2 aliphatic heterocycles. The lowest BCUT2D eigenvalue weighted by molar-refractivity contribution is -0.141. The SMILES string of the molecule is N#Cc1cnc2ccccc2c1N1CCC(C(=O)N2CCn3cc(C(F)(F)F)nc3C2)CC1. The minimum Gasteiger partial charge on any atom is -0.370 e. The summed E-state index contributed by atoms with van der Waals surface area (Å²) >= 11 is 0. The molecule has 0 bridgehead atoms. The number of pyridine rings is 1. The highest BCUT2D eigenvalue weighted by Crippen LogP contribution is 2.34. The molecule has 0 radical (unpaired) electrons. The molecule has 0 saturated carbocycles. The topological polar surface area (TPSA) is 78.0 Å². The number of fused-ring (bicyclic) bond motifs is 2. The van der Waals surface area contributed by atoms with E-state index in [0.717, 1.165) is 22.8 Å². The average molecular weight is 454 g/mol. The molecule has 0 atom stereocenters. The van der Waals surface area contributed by atoms with Crippen LogP contribution in [0.25, 0.3) is 10.9 Å². The van der Waals surface area contributed by atoms with Gasteiger partial charge in [0.05, 0.1) is 23.3 Å². The number of rotatable bonds is 2. The smallest absolute Gasteiger partial charge is 0.370 e. The molecule has 33 heavy (non-hydrogen) atoms. The van der Waals surface area contributed by atoms with Crippen LogP contribution in [0.5, 0.6) is 0 Å². The molecule has 170 valence electrons. The second-order valence-corrected chi connectivity index (χ2v) is 8.40. The van der Waals surface area contributed by atoms with Crippen LogP contribution in [-0.4, -0.2) is 45.0 Å². The van der Waals surface area contributed by atoms with E-state index < -0.39 is 11.9 Å². The number of alkyl halides is 3. The minimum absolute atomic E-state index is 0.0439. The summed E-state index contributed by atoms with van der Waals surface area (Å²) in [4.78, 5) is 24.9. The Morgan fingerprint density at radius 2 is 1.88 bits per heavy atom. The van der Waals surface area contributed by atoms with Gasteiger partial charge in [0.15, 0.2) is 5.69 Å². The Morgan fingerprint density at radius 3 is 2.61 bits per heavy atom. The molecule has 10 heteroatoms. The molecule has 0 spiro atoms. The van der Waals surface area contributed by atoms with Crippen LogP contribution in [0.2, 0.25) is 0 Å². The molecule has 7 nitrogen and oxygen atoms in total. The summed E-state index contributed by atoms with van der Waals surface area (Å²) in [5.74, 6) is 0.0160. The number of nitriles is 1. The van der Waals surface area contributed by atoms with Gasteiger partial charge < -0.3 is 14.4 Å². The van der Waals surface area contributed by atoms with Crippen molar-refractivity contribution in [1.29, 1.82) is 5.26 Å². The van der Waals surface area contributed by atoms with Crippen LogP contribution >= 0.6 is 0 Å². The fourth-order valence-corrected chi connectivity index (χ4v) is 4.73. The van der Waals surface area contributed by atoms with Crippen molar-refractivity contribution in [2.24, 2.45) is 5.92 Å². The lowest BCUT2D eigenvalue weighted by Crippen LogP contribution is -2.45. The third-order valence-electron chi connectivity index (χ3n) is 6.43. The van der Waals surface area contributed by atoms with Crippen LogP contribution in [0.1, 0.15) is 29.9 Å². The van der Waals surface area contributed by atoms with Crippen molar-refractivity contribution < 1.29 is 18.0 Å². The third-order valence-corrected chi connectivity index (χ3v) is 6.43. The Hall–Kier alpha value is -3.61. The maximum Gasteiger partial charge on any atom is 0.434 e. The highest BCUT2D eigenvalue weighted by Gasteiger charge is 2.37. The molecule has 3 aromatic rings. The van der Waals surface area contributed by atoms with Crippen molar-refractivity contribution in [2.75, 3.05) is 24.5 Å². The summed E-state index contributed by atoms with van der Waals surface area (Å²) in [5, 5.41) is 10.5. The molecule has 2 aromatic heterocycles. The summed E-state index contributed by atoms with van der Waals surface area (Å²) in [6, 6.07) is 9.89. The highest BCUT2D eigenvalue weighted by molar-refractivity contribution is 5.94. The van der Waals surface area contributed by atoms with Crippen molar-refractivity contribution in [3.8, 4) is 6.07 Å². The van der Waals surface area contributed by atoms with Gasteiger partial charge in [-0.1, -0.05) is 18.2 Å². The van der Waals surface area contributed by atoms with Crippen molar-refractivity contribution in [3.63, 3.8) is 0 Å². The number of imidazole rings is 1. The van der Waals surface area contributed by atoms with Gasteiger partial charge >= 0.3 is 6.18 Å². The quantitative estimate of drug-likeness (QED) is 0.592. The Balaban J connectivity index is 1.29. The van der Waals surface area contributed by atoms with E-state index in [1.807, 2.05) is 24.3 Å². The molecule has 1 amide bonds. The number of piperidine rings is 1. The number of amides is 1. The van der Waals surface area contributed by atoms with Gasteiger partial charge in [-0.25, -0.2) is 4.98 Å². The largest absolute Gasteiger partial charge is 0.434 e. The standard InChI is InChI=1S/C23H21F3N6O/c24-23(25,26)19-13-31-9-10-32(14-20(31)29-19)22(33)15-5-7-30(8-6-15)21-16(11-27)12-28-18-4-2-1-3-17(18)21/h1-4,12-13,15H,5-10,14H2. The van der Waals surface area contributed by atoms with Gasteiger partial charge in [0.2, 0.25) is 5.91 Å². The molecule has 0 aliphatic carbocycles. The highest BCUT2D eigenvalue weighted by atomic mass is 19.4. The fourth-order valence-electron chi connectivity index (χ4n) is 4.73. The average Bonchev–Trinajstić information content (AvgIpc) is 3.27. The first-order valence-corrected chi connectivity index (χ1v) is 10.8. The lowest BCUT2D eigenvalue weighted by atomic mass is 9.93. The number of nitrogens with zero attached hydrogens (tertiary/aromatic N) is 6. The minimum atomic E-state index is -4.49. The van der Waals surface area contributed by atoms with E-state index in [2.05, 4.69) is 20.9 Å². The van der Waals surface area contributed by atoms with E-state index in [9.17, 15) is 23.2 Å². The van der Waals surface area contributed by atoms with E-state index in [1.54, 1.807) is 11.1 Å². The number of hydrogen-bond donors (Lipinski definition) is 0. The van der Waals surface area contributed by atoms with Gasteiger partial charge in [-0.05, 0) is 18.9 Å². The number of hydrogen-bond acceptors (Lipinski definition) is 5. The molecule has 1 fully saturated rings. The van der Waals surface area contributed by atoms with Crippen LogP contribution in [0.3, 0.4) is 0 Å². The van der Waals surface area contributed by atoms with Crippen LogP contribution in [0.15, 0.2) is 36.7 Å². The van der Waals surface area contributed by atoms with Gasteiger partial charge in [0.1, 0.15) is 11.9 Å². The predicted molar refractivity (Wildman–Crippen MR) is 114 cm³/mol. The van der Waals surface area contributed by atoms with Crippen molar-refractivity contribution >= 4 is 22.5 Å². The molecule has 5 rings (SSSR count). The Labute approximate surface area is 188 Å². The van der Waals surface area contributed by atoms with Crippen LogP contribution in [-0.2, 0) is 24.1 Å². The first-order chi connectivity index (χ1) is 15.8. The molecule has 0 N–H and O–H groups in total. The van der Waals surface area contributed by atoms with E-state index in [4.69, 9.17) is 0 Å². The molecule has 4 heterocycles. The third kappa shape index (κ3) is 3.88. The maximum atomic E-state index is 13.1. The van der Waals surface area contributed by atoms with E-state index >= 15 is 0 Å². The zero-order valence-corrected chi connectivity index (χ0v) is 17.7. The summed E-state index contributed by atoms with van der Waals surface area (Å²) in [6.07, 6.45) is -0.676. The van der Waals surface area contributed by atoms with Crippen molar-refractivity contribution in [2.45, 2.75) is 32.1 Å². The normalized spacial score (nSPS) is 17.2. The number of halogens is 3. The second kappa shape index (κ2) is 8.06. The molecule has 1 saturated heterocycles. The molecular formula is C23H21F3N6O. The first-order valence-electron chi connectivity index (χ1n) is 10.8. The van der Waals surface area contributed by atoms with Gasteiger partial charge in [0.25, 0.3) is 0 Å². The summed E-state index contributed by atoms with van der Waals surface area (Å²) in [6.45, 7) is 1.98. The first kappa shape index (κ1) is 21.2. The number of carbonyl (C=O) groups is 1. The van der Waals surface area contributed by atoms with Gasteiger partial charge in [-0.15, -0.1) is 0 Å². The van der Waals surface area contributed by atoms with E-state index in [-0.39, 0.29) is 24.2 Å². The molecule has 2 aliphatic rings. The molecule has 1 aromatic carbocycles. The lowest BCUT2D eigenvalue weighted by Gasteiger charge is -2.37. The Bertz CT molecular complexity index is 1250. The zero-order valence-electron chi connectivity index (χ0n) is 17.7. The molecule has 0 unspecified atom stereocenters. The van der Waals surface area contributed by atoms with E-state index in [1.165, 1.54) is 4.57 Å². The zero-order chi connectivity index (χ0) is 23.2. The van der Waals surface area contributed by atoms with Crippen LogP contribution in [0.4, 0.5) is 18.9 Å². The van der Waals surface area contributed by atoms with Gasteiger partial charge in [-0.2, -0.15) is 18.4 Å². The second-order valence-electron chi connectivity index (χ2n) is 8.40. The van der Waals surface area contributed by atoms with Crippen LogP contribution < -0.4 is 4.90 Å². The Kier molecular flexibility index (Phi) is 5.19. The Morgan fingerprint density at radius 1 is 1.12 bits per heavy atom. The molecular weight excluding hydrogens is 433 g/mol. The summed E-state index contributed by atoms with van der Waals surface area (Å²) in [5.41, 5.74) is 1.24. The van der Waals surface area contributed by atoms with Crippen LogP contribution in [0, 0.1) is 17.2 Å². The van der Waals surface area contributed by atoms with Gasteiger partial charge in [-0.3, -0.25) is 9.78 Å². The number of anilines is 1. The predicted octanol–water partition coefficient (Wildman–Crippen LogP) is 3.58. The van der Waals surface area contributed by atoms with E-state index in [0.29, 0.717) is 44.6 Å². The number of benzene rings is 1. The van der Waals surface area contributed by atoms with Crippen molar-refractivity contribution in [3.05, 3.63) is 53.7 Å². The number of carbonyl (C=O) groups excluding carboxylic acids is 1. The van der Waals surface area contributed by atoms with Gasteiger partial charge in [0, 0.05) is 49.9 Å². The summed E-state index contributed by atoms with van der Waals surface area (Å²) in [7, 11) is 0.